The molecule has 0 bridgehead atoms. The van der Waals surface area contributed by atoms with Crippen LogP contribution in [-0.4, -0.2) is 11.6 Å². The number of carbonyl (C=O) groups is 1. The first-order valence-corrected chi connectivity index (χ1v) is 3.21. The van der Waals surface area contributed by atoms with Crippen LogP contribution in [0.25, 0.3) is 0 Å². The molecule has 10 heavy (non-hydrogen) atoms. The normalized spacial score (nSPS) is 11.1. The minimum Gasteiger partial charge on any atom is -0.350 e. The van der Waals surface area contributed by atoms with Crippen molar-refractivity contribution in [1.29, 1.82) is 0 Å². The molecule has 0 aliphatic heterocycles. The van der Waals surface area contributed by atoms with Gasteiger partial charge in [0.15, 0.2) is 0 Å². The van der Waals surface area contributed by atoms with Gasteiger partial charge in [0.2, 0.25) is 0 Å². The molecule has 0 unspecified atom stereocenters. The highest BCUT2D eigenvalue weighted by molar-refractivity contribution is 5.70. The summed E-state index contributed by atoms with van der Waals surface area (Å²) >= 11 is 0. The molecule has 0 spiro atoms. The van der Waals surface area contributed by atoms with Crippen LogP contribution in [0.2, 0.25) is 0 Å². The summed E-state index contributed by atoms with van der Waals surface area (Å²) in [6.07, 6.45) is 0.813. The van der Waals surface area contributed by atoms with E-state index in [1.807, 2.05) is 20.8 Å². The standard InChI is InChI=1S/C6H14N2O2/c1-4-6(2,3)10-8-5(7)9/h4H2,1-3H3,(H3,7,8,9). The number of urea groups is 1. The molecule has 2 amide bonds. The average Bonchev–Trinajstić information content (AvgIpc) is 1.85. The maximum atomic E-state index is 10.1. The van der Waals surface area contributed by atoms with Crippen LogP contribution < -0.4 is 11.2 Å². The van der Waals surface area contributed by atoms with Gasteiger partial charge in [-0.05, 0) is 20.3 Å². The van der Waals surface area contributed by atoms with E-state index in [4.69, 9.17) is 10.6 Å². The van der Waals surface area contributed by atoms with Gasteiger partial charge in [0.25, 0.3) is 0 Å². The Labute approximate surface area is 60.7 Å². The lowest BCUT2D eigenvalue weighted by atomic mass is 10.1. The number of rotatable bonds is 3. The monoisotopic (exact) mass is 146 g/mol. The molecule has 0 fully saturated rings. The second-order valence-electron chi connectivity index (χ2n) is 2.68. The van der Waals surface area contributed by atoms with Gasteiger partial charge in [-0.15, -0.1) is 0 Å². The van der Waals surface area contributed by atoms with Gasteiger partial charge in [-0.3, -0.25) is 4.84 Å². The zero-order chi connectivity index (χ0) is 8.20. The van der Waals surface area contributed by atoms with Gasteiger partial charge in [0, 0.05) is 0 Å². The van der Waals surface area contributed by atoms with E-state index in [0.29, 0.717) is 0 Å². The van der Waals surface area contributed by atoms with E-state index in [1.165, 1.54) is 0 Å². The quantitative estimate of drug-likeness (QED) is 0.578. The van der Waals surface area contributed by atoms with Crippen molar-refractivity contribution in [3.05, 3.63) is 0 Å². The van der Waals surface area contributed by atoms with Crippen LogP contribution in [0.3, 0.4) is 0 Å². The number of hydrogen-bond donors (Lipinski definition) is 2. The maximum Gasteiger partial charge on any atom is 0.336 e. The van der Waals surface area contributed by atoms with Crippen molar-refractivity contribution >= 4 is 6.03 Å². The van der Waals surface area contributed by atoms with Crippen molar-refractivity contribution in [1.82, 2.24) is 5.48 Å². The Bertz CT molecular complexity index is 123. The third-order valence-corrected chi connectivity index (χ3v) is 1.28. The van der Waals surface area contributed by atoms with E-state index < -0.39 is 6.03 Å². The number of nitrogens with one attached hydrogen (secondary N) is 1. The van der Waals surface area contributed by atoms with Crippen molar-refractivity contribution < 1.29 is 9.63 Å². The highest BCUT2D eigenvalue weighted by atomic mass is 16.7. The van der Waals surface area contributed by atoms with Gasteiger partial charge in [-0.2, -0.15) is 0 Å². The zero-order valence-electron chi connectivity index (χ0n) is 6.60. The van der Waals surface area contributed by atoms with Gasteiger partial charge in [0.1, 0.15) is 0 Å². The van der Waals surface area contributed by atoms with E-state index in [-0.39, 0.29) is 5.60 Å². The number of carbonyl (C=O) groups excluding carboxylic acids is 1. The molecule has 0 saturated carbocycles. The Kier molecular flexibility index (Phi) is 3.15. The first-order valence-electron chi connectivity index (χ1n) is 3.21. The van der Waals surface area contributed by atoms with Crippen LogP contribution in [-0.2, 0) is 4.84 Å². The summed E-state index contributed by atoms with van der Waals surface area (Å²) in [7, 11) is 0. The van der Waals surface area contributed by atoms with Gasteiger partial charge >= 0.3 is 6.03 Å². The predicted octanol–water partition coefficient (Wildman–Crippen LogP) is 0.775. The molecule has 4 nitrogen and oxygen atoms in total. The minimum atomic E-state index is -0.665. The van der Waals surface area contributed by atoms with Gasteiger partial charge in [0.05, 0.1) is 5.60 Å². The number of nitrogens with two attached hydrogens (primary N) is 1. The van der Waals surface area contributed by atoms with Crippen molar-refractivity contribution in [3.8, 4) is 0 Å². The van der Waals surface area contributed by atoms with Gasteiger partial charge in [-0.25, -0.2) is 10.3 Å². The molecule has 0 atom stereocenters. The lowest BCUT2D eigenvalue weighted by Gasteiger charge is -2.21. The van der Waals surface area contributed by atoms with E-state index in [1.54, 1.807) is 0 Å². The number of hydroxylamine groups is 1. The molecule has 0 aliphatic rings. The number of hydrogen-bond acceptors (Lipinski definition) is 2. The fraction of sp³-hybridized carbons (Fsp3) is 0.833. The second kappa shape index (κ2) is 3.41. The second-order valence-corrected chi connectivity index (χ2v) is 2.68. The molecule has 4 heteroatoms. The zero-order valence-corrected chi connectivity index (χ0v) is 6.60. The topological polar surface area (TPSA) is 64.3 Å². The Morgan fingerprint density at radius 1 is 1.70 bits per heavy atom. The average molecular weight is 146 g/mol. The Morgan fingerprint density at radius 2 is 2.20 bits per heavy atom. The lowest BCUT2D eigenvalue weighted by molar-refractivity contribution is -0.0657. The van der Waals surface area contributed by atoms with E-state index in [9.17, 15) is 4.79 Å². The van der Waals surface area contributed by atoms with Gasteiger partial charge in [-0.1, -0.05) is 6.92 Å². The molecule has 60 valence electrons. The summed E-state index contributed by atoms with van der Waals surface area (Å²) in [4.78, 5) is 15.1. The summed E-state index contributed by atoms with van der Waals surface area (Å²) in [6, 6.07) is -0.665. The minimum absolute atomic E-state index is 0.338. The smallest absolute Gasteiger partial charge is 0.336 e. The first kappa shape index (κ1) is 9.23. The summed E-state index contributed by atoms with van der Waals surface area (Å²) in [5.74, 6) is 0. The Hall–Kier alpha value is -0.770. The van der Waals surface area contributed by atoms with Crippen LogP contribution >= 0.6 is 0 Å². The highest BCUT2D eigenvalue weighted by Gasteiger charge is 2.16. The Balaban J connectivity index is 3.56. The van der Waals surface area contributed by atoms with Crippen LogP contribution in [0.4, 0.5) is 4.79 Å². The third-order valence-electron chi connectivity index (χ3n) is 1.28. The van der Waals surface area contributed by atoms with Crippen molar-refractivity contribution in [2.45, 2.75) is 32.8 Å². The molecular formula is C6H14N2O2. The van der Waals surface area contributed by atoms with Crippen molar-refractivity contribution in [2.75, 3.05) is 0 Å². The maximum absolute atomic E-state index is 10.1. The molecular weight excluding hydrogens is 132 g/mol. The third kappa shape index (κ3) is 4.14. The molecule has 0 saturated heterocycles. The fourth-order valence-corrected chi connectivity index (χ4v) is 0.261. The van der Waals surface area contributed by atoms with Crippen molar-refractivity contribution in [3.63, 3.8) is 0 Å². The Morgan fingerprint density at radius 3 is 2.50 bits per heavy atom. The van der Waals surface area contributed by atoms with Crippen molar-refractivity contribution in [2.24, 2.45) is 5.73 Å². The van der Waals surface area contributed by atoms with E-state index in [0.717, 1.165) is 6.42 Å². The largest absolute Gasteiger partial charge is 0.350 e. The molecule has 0 aromatic heterocycles. The van der Waals surface area contributed by atoms with Crippen LogP contribution in [0.15, 0.2) is 0 Å². The summed E-state index contributed by atoms with van der Waals surface area (Å²) in [6.45, 7) is 5.69. The molecule has 0 aliphatic carbocycles. The number of primary amides is 1. The number of amides is 2. The van der Waals surface area contributed by atoms with Crippen LogP contribution in [0.1, 0.15) is 27.2 Å². The molecule has 3 N–H and O–H groups in total. The molecule has 0 radical (unpaired) electrons. The van der Waals surface area contributed by atoms with Crippen LogP contribution in [0.5, 0.6) is 0 Å². The fourth-order valence-electron chi connectivity index (χ4n) is 0.261. The summed E-state index contributed by atoms with van der Waals surface area (Å²) < 4.78 is 0. The molecule has 0 rings (SSSR count). The molecule has 0 heterocycles. The highest BCUT2D eigenvalue weighted by Crippen LogP contribution is 2.10. The SMILES string of the molecule is CCC(C)(C)ONC(N)=O. The predicted molar refractivity (Wildman–Crippen MR) is 38.2 cm³/mol. The van der Waals surface area contributed by atoms with E-state index in [2.05, 4.69) is 5.48 Å². The molecule has 0 aromatic carbocycles. The van der Waals surface area contributed by atoms with Gasteiger partial charge < -0.3 is 5.73 Å². The van der Waals surface area contributed by atoms with E-state index >= 15 is 0 Å². The molecule has 0 aromatic rings. The first-order chi connectivity index (χ1) is 4.48. The summed E-state index contributed by atoms with van der Waals surface area (Å²) in [5, 5.41) is 0. The summed E-state index contributed by atoms with van der Waals surface area (Å²) in [5.41, 5.74) is 6.52. The van der Waals surface area contributed by atoms with Crippen LogP contribution in [0, 0.1) is 0 Å². The lowest BCUT2D eigenvalue weighted by Crippen LogP contribution is -2.38.